The summed E-state index contributed by atoms with van der Waals surface area (Å²) in [5.41, 5.74) is 3.16. The molecule has 0 fully saturated rings. The molecule has 0 unspecified atom stereocenters. The van der Waals surface area contributed by atoms with E-state index in [0.717, 1.165) is 0 Å². The number of nitrogens with two attached hydrogens (primary N) is 1. The number of nitrogen functional groups attached to an aromatic ring is 1. The molecule has 6 heteroatoms. The summed E-state index contributed by atoms with van der Waals surface area (Å²) in [5, 5.41) is 3.96. The third-order valence-electron chi connectivity index (χ3n) is 1.91. The zero-order valence-electron chi connectivity index (χ0n) is 8.56. The van der Waals surface area contributed by atoms with Crippen molar-refractivity contribution in [2.75, 3.05) is 6.61 Å². The van der Waals surface area contributed by atoms with E-state index in [4.69, 9.17) is 10.6 Å². The summed E-state index contributed by atoms with van der Waals surface area (Å²) in [6, 6.07) is 0. The summed E-state index contributed by atoms with van der Waals surface area (Å²) in [6.07, 6.45) is 3.09. The Morgan fingerprint density at radius 2 is 2.60 bits per heavy atom. The van der Waals surface area contributed by atoms with Crippen molar-refractivity contribution in [1.29, 1.82) is 0 Å². The van der Waals surface area contributed by atoms with Gasteiger partial charge in [-0.15, -0.1) is 6.58 Å². The number of hydrogen-bond acceptors (Lipinski definition) is 4. The van der Waals surface area contributed by atoms with E-state index in [2.05, 4.69) is 17.1 Å². The van der Waals surface area contributed by atoms with Gasteiger partial charge in [-0.1, -0.05) is 6.08 Å². The number of nitrogens with zero attached hydrogens (tertiary/aromatic N) is 2. The fourth-order valence-electron chi connectivity index (χ4n) is 1.14. The maximum atomic E-state index is 11.3. The van der Waals surface area contributed by atoms with Crippen LogP contribution in [0.15, 0.2) is 18.9 Å². The smallest absolute Gasteiger partial charge is 0.268 e. The second kappa shape index (κ2) is 5.28. The van der Waals surface area contributed by atoms with Crippen molar-refractivity contribution in [2.45, 2.75) is 6.61 Å². The molecule has 6 nitrogen and oxygen atoms in total. The van der Waals surface area contributed by atoms with Gasteiger partial charge in [0.25, 0.3) is 5.91 Å². The minimum absolute atomic E-state index is 0.297. The number of amides is 1. The molecule has 0 radical (unpaired) electrons. The molecular weight excluding hydrogens is 196 g/mol. The standard InChI is InChI=1S/C9H14N4O2/c1-3-4-15-6-8-7(9(14)12-10)5-11-13(8)2/h3,5H,1,4,6,10H2,2H3,(H,12,14). The molecule has 1 amide bonds. The normalized spacial score (nSPS) is 10.0. The lowest BCUT2D eigenvalue weighted by Crippen LogP contribution is -2.30. The van der Waals surface area contributed by atoms with Crippen LogP contribution in [0, 0.1) is 0 Å². The van der Waals surface area contributed by atoms with Crippen LogP contribution in [-0.2, 0) is 18.4 Å². The fraction of sp³-hybridized carbons (Fsp3) is 0.333. The van der Waals surface area contributed by atoms with Crippen LogP contribution in [0.1, 0.15) is 16.1 Å². The third-order valence-corrected chi connectivity index (χ3v) is 1.91. The van der Waals surface area contributed by atoms with Crippen LogP contribution in [0.25, 0.3) is 0 Å². The molecule has 1 aromatic rings. The van der Waals surface area contributed by atoms with Gasteiger partial charge in [0.05, 0.1) is 30.7 Å². The van der Waals surface area contributed by atoms with E-state index >= 15 is 0 Å². The molecule has 1 aromatic heterocycles. The molecule has 0 aliphatic heterocycles. The number of carbonyl (C=O) groups excluding carboxylic acids is 1. The maximum Gasteiger partial charge on any atom is 0.268 e. The van der Waals surface area contributed by atoms with Gasteiger partial charge in [-0.25, -0.2) is 5.84 Å². The van der Waals surface area contributed by atoms with Gasteiger partial charge in [0.2, 0.25) is 0 Å². The van der Waals surface area contributed by atoms with Gasteiger partial charge in [0.1, 0.15) is 0 Å². The number of rotatable bonds is 5. The van der Waals surface area contributed by atoms with Crippen molar-refractivity contribution in [1.82, 2.24) is 15.2 Å². The average molecular weight is 210 g/mol. The Kier molecular flexibility index (Phi) is 4.02. The van der Waals surface area contributed by atoms with Gasteiger partial charge >= 0.3 is 0 Å². The van der Waals surface area contributed by atoms with Crippen molar-refractivity contribution in [3.05, 3.63) is 30.1 Å². The van der Waals surface area contributed by atoms with Crippen LogP contribution in [0.4, 0.5) is 0 Å². The molecule has 0 aromatic carbocycles. The lowest BCUT2D eigenvalue weighted by atomic mass is 10.2. The number of ether oxygens (including phenoxy) is 1. The second-order valence-electron chi connectivity index (χ2n) is 2.91. The number of hydrogen-bond donors (Lipinski definition) is 2. The highest BCUT2D eigenvalue weighted by Crippen LogP contribution is 2.08. The lowest BCUT2D eigenvalue weighted by Gasteiger charge is -2.05. The lowest BCUT2D eigenvalue weighted by molar-refractivity contribution is 0.0944. The molecule has 1 rings (SSSR count). The number of carbonyl (C=O) groups is 1. The molecule has 0 spiro atoms. The summed E-state index contributed by atoms with van der Waals surface area (Å²) in [5.74, 6) is 4.67. The van der Waals surface area contributed by atoms with Crippen LogP contribution in [0.5, 0.6) is 0 Å². The van der Waals surface area contributed by atoms with E-state index in [-0.39, 0.29) is 5.91 Å². The summed E-state index contributed by atoms with van der Waals surface area (Å²) in [7, 11) is 1.74. The Hall–Kier alpha value is -1.66. The largest absolute Gasteiger partial charge is 0.371 e. The Balaban J connectivity index is 2.79. The van der Waals surface area contributed by atoms with Crippen molar-refractivity contribution in [3.8, 4) is 0 Å². The summed E-state index contributed by atoms with van der Waals surface area (Å²) in [4.78, 5) is 11.3. The van der Waals surface area contributed by atoms with E-state index in [1.165, 1.54) is 6.20 Å². The number of aromatic nitrogens is 2. The SMILES string of the molecule is C=CCOCc1c(C(=O)NN)cnn1C. The summed E-state index contributed by atoms with van der Waals surface area (Å²) < 4.78 is 6.82. The first kappa shape index (κ1) is 11.4. The highest BCUT2D eigenvalue weighted by Gasteiger charge is 2.14. The molecule has 0 aliphatic carbocycles. The molecule has 0 saturated carbocycles. The third kappa shape index (κ3) is 2.64. The summed E-state index contributed by atoms with van der Waals surface area (Å²) >= 11 is 0. The number of aryl methyl sites for hydroxylation is 1. The van der Waals surface area contributed by atoms with E-state index in [1.807, 2.05) is 0 Å². The molecule has 82 valence electrons. The van der Waals surface area contributed by atoms with Crippen molar-refractivity contribution in [3.63, 3.8) is 0 Å². The van der Waals surface area contributed by atoms with Crippen LogP contribution in [0.2, 0.25) is 0 Å². The Labute approximate surface area is 87.7 Å². The molecule has 0 bridgehead atoms. The molecule has 3 N–H and O–H groups in total. The molecule has 0 atom stereocenters. The zero-order valence-corrected chi connectivity index (χ0v) is 8.56. The van der Waals surface area contributed by atoms with Crippen molar-refractivity contribution < 1.29 is 9.53 Å². The van der Waals surface area contributed by atoms with E-state index < -0.39 is 0 Å². The Bertz CT molecular complexity index is 359. The highest BCUT2D eigenvalue weighted by atomic mass is 16.5. The first-order valence-corrected chi connectivity index (χ1v) is 4.41. The van der Waals surface area contributed by atoms with Crippen LogP contribution >= 0.6 is 0 Å². The molecule has 15 heavy (non-hydrogen) atoms. The average Bonchev–Trinajstić information content (AvgIpc) is 2.60. The first-order chi connectivity index (χ1) is 7.20. The minimum Gasteiger partial charge on any atom is -0.371 e. The van der Waals surface area contributed by atoms with Gasteiger partial charge < -0.3 is 4.74 Å². The molecule has 0 saturated heterocycles. The van der Waals surface area contributed by atoms with Gasteiger partial charge in [-0.2, -0.15) is 5.10 Å². The number of nitrogens with one attached hydrogen (secondary N) is 1. The second-order valence-corrected chi connectivity index (χ2v) is 2.91. The Morgan fingerprint density at radius 3 is 3.20 bits per heavy atom. The highest BCUT2D eigenvalue weighted by molar-refractivity contribution is 5.94. The zero-order chi connectivity index (χ0) is 11.3. The van der Waals surface area contributed by atoms with Crippen molar-refractivity contribution in [2.24, 2.45) is 12.9 Å². The fourth-order valence-corrected chi connectivity index (χ4v) is 1.14. The van der Waals surface area contributed by atoms with Gasteiger partial charge in [0.15, 0.2) is 0 Å². The van der Waals surface area contributed by atoms with Crippen LogP contribution < -0.4 is 11.3 Å². The van der Waals surface area contributed by atoms with Crippen molar-refractivity contribution >= 4 is 5.91 Å². The molecule has 1 heterocycles. The summed E-state index contributed by atoms with van der Waals surface area (Å²) in [6.45, 7) is 4.25. The van der Waals surface area contributed by atoms with Crippen LogP contribution in [0.3, 0.4) is 0 Å². The van der Waals surface area contributed by atoms with E-state index in [1.54, 1.807) is 17.8 Å². The van der Waals surface area contributed by atoms with Crippen LogP contribution in [-0.4, -0.2) is 22.3 Å². The predicted molar refractivity (Wildman–Crippen MR) is 54.7 cm³/mol. The number of hydrazine groups is 1. The van der Waals surface area contributed by atoms with E-state index in [9.17, 15) is 4.79 Å². The predicted octanol–water partition coefficient (Wildman–Crippen LogP) is -0.274. The van der Waals surface area contributed by atoms with E-state index in [0.29, 0.717) is 24.5 Å². The van der Waals surface area contributed by atoms with Gasteiger partial charge in [-0.05, 0) is 0 Å². The van der Waals surface area contributed by atoms with Gasteiger partial charge in [-0.3, -0.25) is 14.9 Å². The minimum atomic E-state index is -0.375. The maximum absolute atomic E-state index is 11.3. The first-order valence-electron chi connectivity index (χ1n) is 4.41. The molecular formula is C9H14N4O2. The quantitative estimate of drug-likeness (QED) is 0.230. The Morgan fingerprint density at radius 1 is 1.87 bits per heavy atom. The molecule has 0 aliphatic rings. The monoisotopic (exact) mass is 210 g/mol. The topological polar surface area (TPSA) is 82.2 Å². The van der Waals surface area contributed by atoms with Gasteiger partial charge in [0, 0.05) is 7.05 Å².